The van der Waals surface area contributed by atoms with Crippen molar-refractivity contribution in [3.63, 3.8) is 0 Å². The van der Waals surface area contributed by atoms with Crippen molar-refractivity contribution in [1.29, 1.82) is 0 Å². The number of hydrogen-bond acceptors (Lipinski definition) is 7. The molecule has 4 rings (SSSR count). The van der Waals surface area contributed by atoms with Crippen LogP contribution in [0.15, 0.2) is 46.3 Å². The zero-order chi connectivity index (χ0) is 24.5. The molecule has 0 N–H and O–H groups in total. The number of amides is 1. The van der Waals surface area contributed by atoms with Crippen LogP contribution in [-0.2, 0) is 30.8 Å². The standard InChI is InChI=1S/C22H22ClN3O6S2/c1-14-17(23)7-8-18-20(14)26(13-19(27)31-2)22(33-18)24-21(28)15-3-5-16(6-4-15)34(29,30)25-9-11-32-12-10-25/h3-8H,9-13H2,1-2H3. The van der Waals surface area contributed by atoms with Gasteiger partial charge in [0.05, 0.1) is 35.4 Å². The third kappa shape index (κ3) is 4.80. The van der Waals surface area contributed by atoms with Gasteiger partial charge in [-0.2, -0.15) is 9.30 Å². The molecule has 1 saturated heterocycles. The molecule has 2 aromatic carbocycles. The average molecular weight is 524 g/mol. The minimum atomic E-state index is -3.67. The highest BCUT2D eigenvalue weighted by atomic mass is 35.5. The highest BCUT2D eigenvalue weighted by molar-refractivity contribution is 7.89. The first-order valence-corrected chi connectivity index (χ1v) is 13.0. The predicted molar refractivity (Wildman–Crippen MR) is 127 cm³/mol. The topological polar surface area (TPSA) is 107 Å². The number of benzene rings is 2. The summed E-state index contributed by atoms with van der Waals surface area (Å²) in [7, 11) is -2.38. The zero-order valence-electron chi connectivity index (χ0n) is 18.5. The van der Waals surface area contributed by atoms with Gasteiger partial charge in [0.25, 0.3) is 5.91 Å². The van der Waals surface area contributed by atoms with E-state index >= 15 is 0 Å². The summed E-state index contributed by atoms with van der Waals surface area (Å²) >= 11 is 7.51. The molecule has 12 heteroatoms. The number of nitrogens with zero attached hydrogens (tertiary/aromatic N) is 3. The first kappa shape index (κ1) is 24.6. The molecule has 0 saturated carbocycles. The number of rotatable bonds is 5. The second kappa shape index (κ2) is 9.96. The molecule has 34 heavy (non-hydrogen) atoms. The van der Waals surface area contributed by atoms with Gasteiger partial charge in [-0.25, -0.2) is 8.42 Å². The van der Waals surface area contributed by atoms with Gasteiger partial charge in [0.2, 0.25) is 10.0 Å². The minimum absolute atomic E-state index is 0.0961. The Morgan fingerprint density at radius 1 is 1.15 bits per heavy atom. The van der Waals surface area contributed by atoms with Crippen LogP contribution in [0, 0.1) is 6.92 Å². The molecule has 0 radical (unpaired) electrons. The van der Waals surface area contributed by atoms with E-state index in [1.54, 1.807) is 16.7 Å². The summed E-state index contributed by atoms with van der Waals surface area (Å²) in [5.41, 5.74) is 1.67. The monoisotopic (exact) mass is 523 g/mol. The summed E-state index contributed by atoms with van der Waals surface area (Å²) in [6, 6.07) is 9.20. The van der Waals surface area contributed by atoms with Crippen molar-refractivity contribution < 1.29 is 27.5 Å². The molecule has 1 aliphatic heterocycles. The van der Waals surface area contributed by atoms with E-state index in [0.29, 0.717) is 28.6 Å². The van der Waals surface area contributed by atoms with Crippen LogP contribution in [0.2, 0.25) is 5.02 Å². The summed E-state index contributed by atoms with van der Waals surface area (Å²) < 4.78 is 39.4. The van der Waals surface area contributed by atoms with Gasteiger partial charge in [-0.15, -0.1) is 0 Å². The molecular formula is C22H22ClN3O6S2. The lowest BCUT2D eigenvalue weighted by molar-refractivity contribution is -0.141. The van der Waals surface area contributed by atoms with Crippen LogP contribution >= 0.6 is 22.9 Å². The molecule has 0 aliphatic carbocycles. The van der Waals surface area contributed by atoms with Crippen molar-refractivity contribution in [1.82, 2.24) is 8.87 Å². The van der Waals surface area contributed by atoms with Crippen LogP contribution in [0.1, 0.15) is 15.9 Å². The molecule has 1 amide bonds. The Bertz CT molecular complexity index is 1420. The second-order valence-corrected chi connectivity index (χ2v) is 10.9. The van der Waals surface area contributed by atoms with Gasteiger partial charge >= 0.3 is 5.97 Å². The van der Waals surface area contributed by atoms with Crippen LogP contribution in [0.5, 0.6) is 0 Å². The summed E-state index contributed by atoms with van der Waals surface area (Å²) in [4.78, 5) is 29.6. The Hall–Kier alpha value is -2.57. The van der Waals surface area contributed by atoms with E-state index in [0.717, 1.165) is 10.3 Å². The van der Waals surface area contributed by atoms with E-state index < -0.39 is 21.9 Å². The summed E-state index contributed by atoms with van der Waals surface area (Å²) in [6.45, 7) is 2.95. The first-order chi connectivity index (χ1) is 16.2. The normalized spacial score (nSPS) is 15.6. The third-order valence-electron chi connectivity index (χ3n) is 5.45. The number of carbonyl (C=O) groups excluding carboxylic acids is 2. The fourth-order valence-electron chi connectivity index (χ4n) is 3.60. The molecular weight excluding hydrogens is 502 g/mol. The van der Waals surface area contributed by atoms with Crippen molar-refractivity contribution >= 4 is 55.1 Å². The molecule has 0 atom stereocenters. The van der Waals surface area contributed by atoms with E-state index in [9.17, 15) is 18.0 Å². The number of sulfonamides is 1. The number of ether oxygens (including phenoxy) is 2. The predicted octanol–water partition coefficient (Wildman–Crippen LogP) is 2.60. The maximum absolute atomic E-state index is 12.9. The number of methoxy groups -OCH3 is 1. The fraction of sp³-hybridized carbons (Fsp3) is 0.318. The van der Waals surface area contributed by atoms with Gasteiger partial charge in [-0.3, -0.25) is 9.59 Å². The zero-order valence-corrected chi connectivity index (χ0v) is 20.9. The van der Waals surface area contributed by atoms with E-state index in [-0.39, 0.29) is 30.1 Å². The van der Waals surface area contributed by atoms with Gasteiger partial charge < -0.3 is 14.0 Å². The highest BCUT2D eigenvalue weighted by Gasteiger charge is 2.26. The maximum Gasteiger partial charge on any atom is 0.325 e. The van der Waals surface area contributed by atoms with Crippen LogP contribution in [0.3, 0.4) is 0 Å². The highest BCUT2D eigenvalue weighted by Crippen LogP contribution is 2.27. The average Bonchev–Trinajstić information content (AvgIpc) is 3.19. The lowest BCUT2D eigenvalue weighted by atomic mass is 10.2. The molecule has 1 aromatic heterocycles. The quantitative estimate of drug-likeness (QED) is 0.476. The number of carbonyl (C=O) groups is 2. The first-order valence-electron chi connectivity index (χ1n) is 10.3. The fourth-order valence-corrected chi connectivity index (χ4v) is 6.25. The SMILES string of the molecule is COC(=O)Cn1c(=NC(=O)c2ccc(S(=O)(=O)N3CCOCC3)cc2)sc2ccc(Cl)c(C)c21. The number of hydrogen-bond donors (Lipinski definition) is 0. The summed E-state index contributed by atoms with van der Waals surface area (Å²) in [5.74, 6) is -1.06. The number of aryl methyl sites for hydroxylation is 1. The summed E-state index contributed by atoms with van der Waals surface area (Å²) in [6.07, 6.45) is 0. The second-order valence-electron chi connectivity index (χ2n) is 7.52. The van der Waals surface area contributed by atoms with Gasteiger partial charge in [-0.1, -0.05) is 22.9 Å². The van der Waals surface area contributed by atoms with Crippen molar-refractivity contribution in [2.75, 3.05) is 33.4 Å². The van der Waals surface area contributed by atoms with Crippen LogP contribution in [-0.4, -0.2) is 62.6 Å². The molecule has 0 unspecified atom stereocenters. The Kier molecular flexibility index (Phi) is 7.20. The van der Waals surface area contributed by atoms with E-state index in [2.05, 4.69) is 4.99 Å². The Morgan fingerprint density at radius 3 is 2.47 bits per heavy atom. The lowest BCUT2D eigenvalue weighted by Gasteiger charge is -2.26. The largest absolute Gasteiger partial charge is 0.468 e. The molecule has 0 spiro atoms. The Balaban J connectivity index is 1.70. The number of esters is 1. The van der Waals surface area contributed by atoms with Crippen molar-refractivity contribution in [2.24, 2.45) is 4.99 Å². The van der Waals surface area contributed by atoms with Crippen LogP contribution in [0.25, 0.3) is 10.2 Å². The van der Waals surface area contributed by atoms with Crippen molar-refractivity contribution in [3.8, 4) is 0 Å². The number of thiazole rings is 1. The number of aromatic nitrogens is 1. The maximum atomic E-state index is 12.9. The van der Waals surface area contributed by atoms with Gasteiger partial charge in [-0.05, 0) is 48.9 Å². The van der Waals surface area contributed by atoms with Crippen molar-refractivity contribution in [3.05, 3.63) is 57.3 Å². The van der Waals surface area contributed by atoms with Crippen LogP contribution in [0.4, 0.5) is 0 Å². The van der Waals surface area contributed by atoms with Crippen molar-refractivity contribution in [2.45, 2.75) is 18.4 Å². The van der Waals surface area contributed by atoms with Gasteiger partial charge in [0, 0.05) is 23.7 Å². The molecule has 9 nitrogen and oxygen atoms in total. The van der Waals surface area contributed by atoms with E-state index in [1.807, 2.05) is 6.92 Å². The molecule has 180 valence electrons. The molecule has 3 aromatic rings. The van der Waals surface area contributed by atoms with Crippen LogP contribution < -0.4 is 4.80 Å². The Labute approximate surface area is 205 Å². The van der Waals surface area contributed by atoms with E-state index in [1.165, 1.54) is 47.0 Å². The minimum Gasteiger partial charge on any atom is -0.468 e. The number of fused-ring (bicyclic) bond motifs is 1. The molecule has 2 heterocycles. The third-order valence-corrected chi connectivity index (χ3v) is 8.82. The Morgan fingerprint density at radius 2 is 1.82 bits per heavy atom. The smallest absolute Gasteiger partial charge is 0.325 e. The lowest BCUT2D eigenvalue weighted by Crippen LogP contribution is -2.40. The van der Waals surface area contributed by atoms with Gasteiger partial charge in [0.15, 0.2) is 4.80 Å². The molecule has 1 aliphatic rings. The summed E-state index contributed by atoms with van der Waals surface area (Å²) in [5, 5.41) is 0.527. The number of halogens is 1. The van der Waals surface area contributed by atoms with Gasteiger partial charge in [0.1, 0.15) is 6.54 Å². The number of morpholine rings is 1. The molecule has 0 bridgehead atoms. The molecule has 1 fully saturated rings. The van der Waals surface area contributed by atoms with E-state index in [4.69, 9.17) is 21.1 Å².